The van der Waals surface area contributed by atoms with Crippen molar-refractivity contribution in [3.63, 3.8) is 0 Å². The Morgan fingerprint density at radius 2 is 2.00 bits per heavy atom. The monoisotopic (exact) mass is 131 g/mol. The van der Waals surface area contributed by atoms with E-state index in [0.29, 0.717) is 0 Å². The lowest BCUT2D eigenvalue weighted by molar-refractivity contribution is -0.873. The molecule has 3 nitrogen and oxygen atoms in total. The molecule has 0 heterocycles. The van der Waals surface area contributed by atoms with Crippen LogP contribution in [0.5, 0.6) is 0 Å². The van der Waals surface area contributed by atoms with Crippen molar-refractivity contribution in [3.05, 3.63) is 0 Å². The number of likely N-dealkylation sites (N-methyl/N-ethyl adjacent to an activating group) is 2. The highest BCUT2D eigenvalue weighted by molar-refractivity contribution is 5.79. The molecule has 0 aliphatic heterocycles. The Balaban J connectivity index is 3.72. The van der Waals surface area contributed by atoms with Crippen LogP contribution in [0.1, 0.15) is 6.92 Å². The molecule has 0 saturated heterocycles. The van der Waals surface area contributed by atoms with E-state index in [1.54, 1.807) is 7.05 Å². The maximum absolute atomic E-state index is 10.8. The van der Waals surface area contributed by atoms with Gasteiger partial charge in [0, 0.05) is 7.05 Å². The quantitative estimate of drug-likeness (QED) is 0.458. The smallest absolute Gasteiger partial charge is 0.277 e. The summed E-state index contributed by atoms with van der Waals surface area (Å²) in [6.45, 7) is 1.90. The van der Waals surface area contributed by atoms with Crippen LogP contribution in [-0.2, 0) is 4.79 Å². The molecular weight excluding hydrogens is 116 g/mol. The lowest BCUT2D eigenvalue weighted by atomic mass is 10.3. The van der Waals surface area contributed by atoms with Gasteiger partial charge >= 0.3 is 0 Å². The van der Waals surface area contributed by atoms with Gasteiger partial charge in [-0.1, -0.05) is 0 Å². The second-order valence-electron chi connectivity index (χ2n) is 2.41. The fourth-order valence-electron chi connectivity index (χ4n) is 0.479. The summed E-state index contributed by atoms with van der Waals surface area (Å²) in [4.78, 5) is 12.0. The van der Waals surface area contributed by atoms with Gasteiger partial charge in [-0.05, 0) is 6.92 Å². The van der Waals surface area contributed by atoms with Crippen LogP contribution < -0.4 is 10.2 Å². The molecule has 1 unspecified atom stereocenters. The summed E-state index contributed by atoms with van der Waals surface area (Å²) < 4.78 is 0. The first-order valence-corrected chi connectivity index (χ1v) is 3.11. The molecule has 2 N–H and O–H groups in total. The maximum Gasteiger partial charge on any atom is 0.277 e. The maximum atomic E-state index is 10.8. The fraction of sp³-hybridized carbons (Fsp3) is 0.833. The highest BCUT2D eigenvalue weighted by Crippen LogP contribution is 1.69. The molecule has 0 fully saturated rings. The predicted octanol–water partition coefficient (Wildman–Crippen LogP) is -1.73. The molecule has 0 aliphatic rings. The number of carbonyl (C=O) groups excluding carboxylic acids is 1. The van der Waals surface area contributed by atoms with Crippen molar-refractivity contribution in [1.29, 1.82) is 0 Å². The van der Waals surface area contributed by atoms with E-state index in [-0.39, 0.29) is 11.9 Å². The minimum absolute atomic E-state index is 0.0509. The summed E-state index contributed by atoms with van der Waals surface area (Å²) in [5, 5.41) is 2.59. The Bertz CT molecular complexity index is 101. The van der Waals surface area contributed by atoms with Crippen LogP contribution in [0.15, 0.2) is 0 Å². The largest absolute Gasteiger partial charge is 0.354 e. The van der Waals surface area contributed by atoms with Crippen LogP contribution in [0.2, 0.25) is 0 Å². The number of quaternary nitrogens is 1. The van der Waals surface area contributed by atoms with E-state index in [9.17, 15) is 4.79 Å². The lowest BCUT2D eigenvalue weighted by Crippen LogP contribution is -3.11. The van der Waals surface area contributed by atoms with Gasteiger partial charge in [0.15, 0.2) is 6.04 Å². The average Bonchev–Trinajstić information content (AvgIpc) is 1.84. The Morgan fingerprint density at radius 3 is 2.11 bits per heavy atom. The van der Waals surface area contributed by atoms with Crippen LogP contribution in [-0.4, -0.2) is 33.1 Å². The fourth-order valence-corrected chi connectivity index (χ4v) is 0.479. The Labute approximate surface area is 56.0 Å². The number of hydrogen-bond acceptors (Lipinski definition) is 1. The van der Waals surface area contributed by atoms with Gasteiger partial charge in [-0.2, -0.15) is 0 Å². The van der Waals surface area contributed by atoms with E-state index in [4.69, 9.17) is 0 Å². The van der Waals surface area contributed by atoms with Crippen molar-refractivity contribution >= 4 is 5.91 Å². The van der Waals surface area contributed by atoms with Crippen LogP contribution in [0.4, 0.5) is 0 Å². The number of rotatable bonds is 2. The number of hydrogen-bond donors (Lipinski definition) is 2. The molecular formula is C6H15N2O+. The van der Waals surface area contributed by atoms with Crippen molar-refractivity contribution in [2.45, 2.75) is 13.0 Å². The average molecular weight is 131 g/mol. The van der Waals surface area contributed by atoms with E-state index >= 15 is 0 Å². The third-order valence-corrected chi connectivity index (χ3v) is 1.51. The molecule has 0 saturated carbocycles. The van der Waals surface area contributed by atoms with Gasteiger partial charge in [0.25, 0.3) is 5.91 Å². The van der Waals surface area contributed by atoms with E-state index in [0.717, 1.165) is 4.90 Å². The summed E-state index contributed by atoms with van der Waals surface area (Å²) >= 11 is 0. The Kier molecular flexibility index (Phi) is 3.24. The molecule has 54 valence electrons. The second kappa shape index (κ2) is 3.45. The number of nitrogens with one attached hydrogen (secondary N) is 2. The molecule has 0 bridgehead atoms. The molecule has 0 aliphatic carbocycles. The van der Waals surface area contributed by atoms with Crippen LogP contribution >= 0.6 is 0 Å². The molecule has 0 aromatic rings. The zero-order chi connectivity index (χ0) is 7.44. The standard InChI is InChI=1S/C6H14N2O/c1-5(8(3)4)6(9)7-2/h5H,1-4H3,(H,7,9)/p+1. The minimum atomic E-state index is 0.0509. The molecule has 0 radical (unpaired) electrons. The molecule has 1 atom stereocenters. The van der Waals surface area contributed by atoms with Gasteiger partial charge in [0.2, 0.25) is 0 Å². The molecule has 3 heteroatoms. The van der Waals surface area contributed by atoms with Crippen molar-refractivity contribution in [3.8, 4) is 0 Å². The Morgan fingerprint density at radius 1 is 1.56 bits per heavy atom. The number of carbonyl (C=O) groups is 1. The molecule has 0 spiro atoms. The summed E-state index contributed by atoms with van der Waals surface area (Å²) in [6, 6.07) is 0.0509. The lowest BCUT2D eigenvalue weighted by Gasteiger charge is -2.14. The molecule has 0 aromatic carbocycles. The SMILES string of the molecule is CNC(=O)C(C)[NH+](C)C. The zero-order valence-corrected chi connectivity index (χ0v) is 6.49. The minimum Gasteiger partial charge on any atom is -0.354 e. The van der Waals surface area contributed by atoms with E-state index < -0.39 is 0 Å². The van der Waals surface area contributed by atoms with Gasteiger partial charge in [-0.3, -0.25) is 4.79 Å². The molecule has 0 aromatic heterocycles. The van der Waals surface area contributed by atoms with E-state index in [1.165, 1.54) is 0 Å². The van der Waals surface area contributed by atoms with Gasteiger partial charge in [-0.25, -0.2) is 0 Å². The van der Waals surface area contributed by atoms with Crippen LogP contribution in [0.25, 0.3) is 0 Å². The highest BCUT2D eigenvalue weighted by Gasteiger charge is 2.15. The summed E-state index contributed by atoms with van der Waals surface area (Å²) in [5.74, 6) is 0.0926. The predicted molar refractivity (Wildman–Crippen MR) is 36.3 cm³/mol. The van der Waals surface area contributed by atoms with Gasteiger partial charge in [-0.15, -0.1) is 0 Å². The van der Waals surface area contributed by atoms with Gasteiger partial charge in [0.1, 0.15) is 0 Å². The summed E-state index contributed by atoms with van der Waals surface area (Å²) in [7, 11) is 5.57. The van der Waals surface area contributed by atoms with Gasteiger partial charge in [0.05, 0.1) is 14.1 Å². The molecule has 9 heavy (non-hydrogen) atoms. The van der Waals surface area contributed by atoms with Crippen molar-refractivity contribution in [1.82, 2.24) is 5.32 Å². The summed E-state index contributed by atoms with van der Waals surface area (Å²) in [5.41, 5.74) is 0. The topological polar surface area (TPSA) is 33.5 Å². The van der Waals surface area contributed by atoms with Crippen molar-refractivity contribution in [2.24, 2.45) is 0 Å². The van der Waals surface area contributed by atoms with E-state index in [2.05, 4.69) is 5.32 Å². The van der Waals surface area contributed by atoms with Gasteiger partial charge < -0.3 is 10.2 Å². The van der Waals surface area contributed by atoms with E-state index in [1.807, 2.05) is 21.0 Å². The third-order valence-electron chi connectivity index (χ3n) is 1.51. The third kappa shape index (κ3) is 2.46. The Hall–Kier alpha value is -0.570. The first kappa shape index (κ1) is 8.43. The van der Waals surface area contributed by atoms with Crippen LogP contribution in [0, 0.1) is 0 Å². The number of amides is 1. The van der Waals surface area contributed by atoms with Crippen molar-refractivity contribution in [2.75, 3.05) is 21.1 Å². The van der Waals surface area contributed by atoms with Crippen LogP contribution in [0.3, 0.4) is 0 Å². The first-order valence-electron chi connectivity index (χ1n) is 3.11. The normalized spacial score (nSPS) is 13.4. The first-order chi connectivity index (χ1) is 4.09. The highest BCUT2D eigenvalue weighted by atomic mass is 16.2. The molecule has 1 amide bonds. The van der Waals surface area contributed by atoms with Crippen molar-refractivity contribution < 1.29 is 9.69 Å². The molecule has 0 rings (SSSR count). The summed E-state index contributed by atoms with van der Waals surface area (Å²) in [6.07, 6.45) is 0. The zero-order valence-electron chi connectivity index (χ0n) is 6.49. The second-order valence-corrected chi connectivity index (χ2v) is 2.41.